The van der Waals surface area contributed by atoms with Gasteiger partial charge in [0, 0.05) is 19.6 Å². The van der Waals surface area contributed by atoms with Gasteiger partial charge in [0.2, 0.25) is 0 Å². The molecule has 0 aliphatic rings. The molecule has 0 saturated heterocycles. The molecule has 0 spiro atoms. The van der Waals surface area contributed by atoms with Crippen LogP contribution in [0.25, 0.3) is 0 Å². The Morgan fingerprint density at radius 2 is 2.15 bits per heavy atom. The Kier molecular flexibility index (Phi) is 10.4. The average molecular weight is 393 g/mol. The summed E-state index contributed by atoms with van der Waals surface area (Å²) in [6.45, 7) is 5.08. The van der Waals surface area contributed by atoms with E-state index in [0.717, 1.165) is 37.3 Å². The lowest BCUT2D eigenvalue weighted by Gasteiger charge is -2.16. The SMILES string of the molecule is CCC(C)NC(=NC)NCCCc1cccc(F)c1.I. The molecule has 0 heterocycles. The van der Waals surface area contributed by atoms with Crippen molar-refractivity contribution >= 4 is 29.9 Å². The summed E-state index contributed by atoms with van der Waals surface area (Å²) in [5, 5.41) is 6.57. The highest BCUT2D eigenvalue weighted by molar-refractivity contribution is 14.0. The third-order valence-electron chi connectivity index (χ3n) is 3.04. The number of halogens is 2. The van der Waals surface area contributed by atoms with Gasteiger partial charge in [-0.15, -0.1) is 24.0 Å². The highest BCUT2D eigenvalue weighted by Crippen LogP contribution is 2.05. The van der Waals surface area contributed by atoms with Gasteiger partial charge in [0.05, 0.1) is 0 Å². The largest absolute Gasteiger partial charge is 0.356 e. The maximum atomic E-state index is 13.0. The van der Waals surface area contributed by atoms with Gasteiger partial charge in [-0.05, 0) is 43.9 Å². The molecule has 5 heteroatoms. The monoisotopic (exact) mass is 393 g/mol. The van der Waals surface area contributed by atoms with Crippen LogP contribution in [-0.4, -0.2) is 25.6 Å². The van der Waals surface area contributed by atoms with Gasteiger partial charge in [0.15, 0.2) is 5.96 Å². The Hall–Kier alpha value is -0.850. The topological polar surface area (TPSA) is 36.4 Å². The van der Waals surface area contributed by atoms with Crippen molar-refractivity contribution < 1.29 is 4.39 Å². The van der Waals surface area contributed by atoms with E-state index in [2.05, 4.69) is 29.5 Å². The molecule has 3 nitrogen and oxygen atoms in total. The smallest absolute Gasteiger partial charge is 0.191 e. The zero-order chi connectivity index (χ0) is 14.1. The zero-order valence-corrected chi connectivity index (χ0v) is 14.8. The van der Waals surface area contributed by atoms with Crippen LogP contribution in [0.5, 0.6) is 0 Å². The summed E-state index contributed by atoms with van der Waals surface area (Å²) in [4.78, 5) is 4.17. The lowest BCUT2D eigenvalue weighted by atomic mass is 10.1. The molecular formula is C15H25FIN3. The normalized spacial score (nSPS) is 12.5. The van der Waals surface area contributed by atoms with Gasteiger partial charge in [0.1, 0.15) is 5.82 Å². The molecule has 20 heavy (non-hydrogen) atoms. The van der Waals surface area contributed by atoms with Crippen LogP contribution < -0.4 is 10.6 Å². The van der Waals surface area contributed by atoms with Crippen LogP contribution in [0.3, 0.4) is 0 Å². The highest BCUT2D eigenvalue weighted by atomic mass is 127. The predicted molar refractivity (Wildman–Crippen MR) is 94.4 cm³/mol. The molecule has 1 rings (SSSR count). The summed E-state index contributed by atoms with van der Waals surface area (Å²) in [5.41, 5.74) is 1.03. The Morgan fingerprint density at radius 3 is 2.75 bits per heavy atom. The van der Waals surface area contributed by atoms with Gasteiger partial charge in [-0.3, -0.25) is 4.99 Å². The molecule has 1 atom stereocenters. The molecule has 0 bridgehead atoms. The van der Waals surface area contributed by atoms with E-state index >= 15 is 0 Å². The van der Waals surface area contributed by atoms with Gasteiger partial charge < -0.3 is 10.6 Å². The van der Waals surface area contributed by atoms with Gasteiger partial charge >= 0.3 is 0 Å². The quantitative estimate of drug-likeness (QED) is 0.337. The summed E-state index contributed by atoms with van der Waals surface area (Å²) < 4.78 is 13.0. The maximum Gasteiger partial charge on any atom is 0.191 e. The highest BCUT2D eigenvalue weighted by Gasteiger charge is 2.02. The van der Waals surface area contributed by atoms with E-state index in [1.165, 1.54) is 6.07 Å². The van der Waals surface area contributed by atoms with Gasteiger partial charge in [-0.1, -0.05) is 19.1 Å². The fourth-order valence-corrected chi connectivity index (χ4v) is 1.72. The molecule has 1 unspecified atom stereocenters. The second-order valence-electron chi connectivity index (χ2n) is 4.69. The molecule has 1 aromatic carbocycles. The number of guanidine groups is 1. The molecule has 0 aromatic heterocycles. The first kappa shape index (κ1) is 19.1. The Morgan fingerprint density at radius 1 is 1.40 bits per heavy atom. The van der Waals surface area contributed by atoms with Crippen LogP contribution in [0.15, 0.2) is 29.3 Å². The van der Waals surface area contributed by atoms with E-state index in [1.807, 2.05) is 6.07 Å². The lowest BCUT2D eigenvalue weighted by molar-refractivity contribution is 0.617. The fraction of sp³-hybridized carbons (Fsp3) is 0.533. The zero-order valence-electron chi connectivity index (χ0n) is 12.4. The minimum atomic E-state index is -0.167. The van der Waals surface area contributed by atoms with Crippen molar-refractivity contribution in [2.24, 2.45) is 4.99 Å². The number of benzene rings is 1. The summed E-state index contributed by atoms with van der Waals surface area (Å²) in [6.07, 6.45) is 2.87. The van der Waals surface area contributed by atoms with Gasteiger partial charge in [-0.2, -0.15) is 0 Å². The van der Waals surface area contributed by atoms with Crippen molar-refractivity contribution in [1.29, 1.82) is 0 Å². The molecule has 2 N–H and O–H groups in total. The molecule has 0 aliphatic carbocycles. The lowest BCUT2D eigenvalue weighted by Crippen LogP contribution is -2.42. The number of hydrogen-bond acceptors (Lipinski definition) is 1. The van der Waals surface area contributed by atoms with Crippen molar-refractivity contribution in [2.75, 3.05) is 13.6 Å². The van der Waals surface area contributed by atoms with E-state index in [-0.39, 0.29) is 29.8 Å². The Labute approximate surface area is 138 Å². The Balaban J connectivity index is 0.00000361. The number of rotatable bonds is 6. The number of nitrogens with one attached hydrogen (secondary N) is 2. The minimum absolute atomic E-state index is 0. The van der Waals surface area contributed by atoms with Crippen LogP contribution in [-0.2, 0) is 6.42 Å². The van der Waals surface area contributed by atoms with Crippen molar-refractivity contribution in [2.45, 2.75) is 39.2 Å². The Bertz CT molecular complexity index is 410. The molecule has 0 saturated carbocycles. The third kappa shape index (κ3) is 7.67. The summed E-state index contributed by atoms with van der Waals surface area (Å²) in [7, 11) is 1.77. The van der Waals surface area contributed by atoms with E-state index < -0.39 is 0 Å². The number of nitrogens with zero attached hydrogens (tertiary/aromatic N) is 1. The molecule has 0 amide bonds. The molecule has 0 fully saturated rings. The fourth-order valence-electron chi connectivity index (χ4n) is 1.72. The standard InChI is InChI=1S/C15H24FN3.HI/c1-4-12(2)19-15(17-3)18-10-6-8-13-7-5-9-14(16)11-13;/h5,7,9,11-12H,4,6,8,10H2,1-3H3,(H2,17,18,19);1H. The van der Waals surface area contributed by atoms with Gasteiger partial charge in [-0.25, -0.2) is 4.39 Å². The van der Waals surface area contributed by atoms with E-state index in [0.29, 0.717) is 6.04 Å². The molecule has 1 aromatic rings. The van der Waals surface area contributed by atoms with Gasteiger partial charge in [0.25, 0.3) is 0 Å². The second-order valence-corrected chi connectivity index (χ2v) is 4.69. The summed E-state index contributed by atoms with van der Waals surface area (Å²) in [6, 6.07) is 7.18. The van der Waals surface area contributed by atoms with Crippen molar-refractivity contribution in [3.8, 4) is 0 Å². The average Bonchev–Trinajstić information content (AvgIpc) is 2.42. The molecule has 114 valence electrons. The summed E-state index contributed by atoms with van der Waals surface area (Å²) in [5.74, 6) is 0.660. The molecule has 0 radical (unpaired) electrons. The second kappa shape index (κ2) is 10.9. The van der Waals surface area contributed by atoms with Crippen molar-refractivity contribution in [1.82, 2.24) is 10.6 Å². The number of aryl methyl sites for hydroxylation is 1. The van der Waals surface area contributed by atoms with E-state index in [4.69, 9.17) is 0 Å². The van der Waals surface area contributed by atoms with Crippen molar-refractivity contribution in [3.63, 3.8) is 0 Å². The van der Waals surface area contributed by atoms with Crippen LogP contribution in [0.1, 0.15) is 32.3 Å². The molecular weight excluding hydrogens is 368 g/mol. The third-order valence-corrected chi connectivity index (χ3v) is 3.04. The molecule has 0 aliphatic heterocycles. The first-order chi connectivity index (χ1) is 9.15. The summed E-state index contributed by atoms with van der Waals surface area (Å²) >= 11 is 0. The minimum Gasteiger partial charge on any atom is -0.356 e. The predicted octanol–water partition coefficient (Wildman–Crippen LogP) is 3.34. The van der Waals surface area contributed by atoms with Crippen LogP contribution in [0, 0.1) is 5.82 Å². The maximum absolute atomic E-state index is 13.0. The first-order valence-electron chi connectivity index (χ1n) is 6.87. The van der Waals surface area contributed by atoms with Crippen LogP contribution >= 0.6 is 24.0 Å². The van der Waals surface area contributed by atoms with Crippen molar-refractivity contribution in [3.05, 3.63) is 35.6 Å². The van der Waals surface area contributed by atoms with E-state index in [1.54, 1.807) is 19.2 Å². The first-order valence-corrected chi connectivity index (χ1v) is 6.87. The van der Waals surface area contributed by atoms with Crippen LogP contribution in [0.4, 0.5) is 4.39 Å². The van der Waals surface area contributed by atoms with Crippen LogP contribution in [0.2, 0.25) is 0 Å². The number of hydrogen-bond donors (Lipinski definition) is 2. The van der Waals surface area contributed by atoms with E-state index in [9.17, 15) is 4.39 Å². The number of aliphatic imine (C=N–C) groups is 1.